The van der Waals surface area contributed by atoms with Gasteiger partial charge in [-0.3, -0.25) is 9.59 Å². The first-order valence-corrected chi connectivity index (χ1v) is 6.40. The number of hydrogen-bond donors (Lipinski definition) is 2. The summed E-state index contributed by atoms with van der Waals surface area (Å²) in [7, 11) is 0. The average molecular weight is 305 g/mol. The van der Waals surface area contributed by atoms with Crippen LogP contribution in [0, 0.1) is 0 Å². The van der Waals surface area contributed by atoms with Gasteiger partial charge in [0.15, 0.2) is 0 Å². The summed E-state index contributed by atoms with van der Waals surface area (Å²) in [6.45, 7) is 1.97. The summed E-state index contributed by atoms with van der Waals surface area (Å²) in [5.74, 6) is -1.51. The largest absolute Gasteiger partial charge is 0.395 e. The molecule has 0 heterocycles. The first-order valence-electron chi connectivity index (χ1n) is 5.65. The van der Waals surface area contributed by atoms with E-state index < -0.39 is 11.8 Å². The van der Waals surface area contributed by atoms with Gasteiger partial charge in [-0.25, -0.2) is 0 Å². The van der Waals surface area contributed by atoms with Crippen molar-refractivity contribution in [2.75, 3.05) is 25.0 Å². The van der Waals surface area contributed by atoms with E-state index in [0.717, 1.165) is 0 Å². The van der Waals surface area contributed by atoms with Crippen molar-refractivity contribution in [3.8, 4) is 0 Å². The summed E-state index contributed by atoms with van der Waals surface area (Å²) in [4.78, 5) is 24.8. The van der Waals surface area contributed by atoms with Crippen molar-refractivity contribution in [2.45, 2.75) is 6.92 Å². The van der Waals surface area contributed by atoms with E-state index in [-0.39, 0.29) is 13.2 Å². The minimum absolute atomic E-state index is 0.110. The Labute approximate surface area is 121 Å². The zero-order valence-corrected chi connectivity index (χ0v) is 11.8. The lowest BCUT2D eigenvalue weighted by atomic mass is 10.3. The Morgan fingerprint density at radius 3 is 2.32 bits per heavy atom. The molecule has 0 aliphatic carbocycles. The minimum Gasteiger partial charge on any atom is -0.395 e. The summed E-state index contributed by atoms with van der Waals surface area (Å²) < 4.78 is 0. The third-order valence-electron chi connectivity index (χ3n) is 2.35. The Hall–Kier alpha value is -1.30. The maximum atomic E-state index is 11.8. The zero-order chi connectivity index (χ0) is 14.4. The highest BCUT2D eigenvalue weighted by molar-refractivity contribution is 6.40. The van der Waals surface area contributed by atoms with Crippen LogP contribution in [0.5, 0.6) is 0 Å². The fourth-order valence-electron chi connectivity index (χ4n) is 1.48. The van der Waals surface area contributed by atoms with Gasteiger partial charge >= 0.3 is 11.8 Å². The Morgan fingerprint density at radius 2 is 1.84 bits per heavy atom. The number of rotatable bonds is 4. The highest BCUT2D eigenvalue weighted by Gasteiger charge is 2.20. The molecule has 19 heavy (non-hydrogen) atoms. The number of anilines is 1. The lowest BCUT2D eigenvalue weighted by Crippen LogP contribution is -2.41. The predicted octanol–water partition coefficient (Wildman–Crippen LogP) is 1.77. The Morgan fingerprint density at radius 1 is 1.26 bits per heavy atom. The van der Waals surface area contributed by atoms with Crippen molar-refractivity contribution in [2.24, 2.45) is 0 Å². The highest BCUT2D eigenvalue weighted by Crippen LogP contribution is 2.22. The van der Waals surface area contributed by atoms with Crippen molar-refractivity contribution in [1.82, 2.24) is 4.90 Å². The van der Waals surface area contributed by atoms with E-state index in [9.17, 15) is 9.59 Å². The summed E-state index contributed by atoms with van der Waals surface area (Å²) in [5, 5.41) is 11.9. The molecule has 0 aliphatic heterocycles. The smallest absolute Gasteiger partial charge is 0.313 e. The summed E-state index contributed by atoms with van der Waals surface area (Å²) in [6.07, 6.45) is 0. The molecule has 0 spiro atoms. The van der Waals surface area contributed by atoms with Crippen molar-refractivity contribution < 1.29 is 14.7 Å². The molecule has 0 saturated carbocycles. The lowest BCUT2D eigenvalue weighted by molar-refractivity contribution is -0.143. The number of benzene rings is 1. The SMILES string of the molecule is CCN(CCO)C(=O)C(=O)Nc1cc(Cl)cc(Cl)c1. The van der Waals surface area contributed by atoms with Crippen LogP contribution in [0.1, 0.15) is 6.92 Å². The van der Waals surface area contributed by atoms with E-state index in [1.54, 1.807) is 6.92 Å². The normalized spacial score (nSPS) is 10.1. The molecule has 1 aromatic rings. The second kappa shape index (κ2) is 7.33. The van der Waals surface area contributed by atoms with Crippen molar-refractivity contribution in [1.29, 1.82) is 0 Å². The van der Waals surface area contributed by atoms with Crippen molar-refractivity contribution >= 4 is 40.7 Å². The molecular formula is C12H14Cl2N2O3. The van der Waals surface area contributed by atoms with Crippen LogP contribution in [0.25, 0.3) is 0 Å². The molecule has 1 rings (SSSR count). The maximum Gasteiger partial charge on any atom is 0.313 e. The standard InChI is InChI=1S/C12H14Cl2N2O3/c1-2-16(3-4-17)12(19)11(18)15-10-6-8(13)5-9(14)7-10/h5-7,17H,2-4H2,1H3,(H,15,18). The minimum atomic E-state index is -0.798. The highest BCUT2D eigenvalue weighted by atomic mass is 35.5. The van der Waals surface area contributed by atoms with E-state index in [1.165, 1.54) is 23.1 Å². The van der Waals surface area contributed by atoms with E-state index in [0.29, 0.717) is 22.3 Å². The molecule has 2 amide bonds. The molecule has 0 aliphatic rings. The van der Waals surface area contributed by atoms with Crippen LogP contribution >= 0.6 is 23.2 Å². The predicted molar refractivity (Wildman–Crippen MR) is 74.4 cm³/mol. The van der Waals surface area contributed by atoms with Crippen LogP contribution in [0.3, 0.4) is 0 Å². The number of hydrogen-bond acceptors (Lipinski definition) is 3. The lowest BCUT2D eigenvalue weighted by Gasteiger charge is -2.18. The molecule has 2 N–H and O–H groups in total. The summed E-state index contributed by atoms with van der Waals surface area (Å²) >= 11 is 11.6. The van der Waals surface area contributed by atoms with Gasteiger partial charge in [0.1, 0.15) is 0 Å². The third kappa shape index (κ3) is 4.70. The number of aliphatic hydroxyl groups is 1. The zero-order valence-electron chi connectivity index (χ0n) is 10.3. The van der Waals surface area contributed by atoms with Crippen molar-refractivity contribution in [3.63, 3.8) is 0 Å². The van der Waals surface area contributed by atoms with Crippen molar-refractivity contribution in [3.05, 3.63) is 28.2 Å². The number of carbonyl (C=O) groups is 2. The third-order valence-corrected chi connectivity index (χ3v) is 2.79. The van der Waals surface area contributed by atoms with Crippen LogP contribution in [-0.2, 0) is 9.59 Å². The molecule has 0 radical (unpaired) electrons. The Bertz CT molecular complexity index is 460. The number of aliphatic hydroxyl groups excluding tert-OH is 1. The first kappa shape index (κ1) is 15.8. The fourth-order valence-corrected chi connectivity index (χ4v) is 2.00. The van der Waals surface area contributed by atoms with E-state index in [2.05, 4.69) is 5.32 Å². The summed E-state index contributed by atoms with van der Waals surface area (Å²) in [5.41, 5.74) is 0.343. The van der Waals surface area contributed by atoms with Gasteiger partial charge in [-0.05, 0) is 25.1 Å². The monoisotopic (exact) mass is 304 g/mol. The van der Waals surface area contributed by atoms with Crippen LogP contribution in [0.4, 0.5) is 5.69 Å². The average Bonchev–Trinajstić information content (AvgIpc) is 2.33. The first-order chi connectivity index (χ1) is 8.97. The topological polar surface area (TPSA) is 69.6 Å². The molecule has 0 bridgehead atoms. The van der Waals surface area contributed by atoms with E-state index in [4.69, 9.17) is 28.3 Å². The van der Waals surface area contributed by atoms with Crippen LogP contribution in [0.2, 0.25) is 10.0 Å². The Kier molecular flexibility index (Phi) is 6.08. The molecule has 5 nitrogen and oxygen atoms in total. The van der Waals surface area contributed by atoms with Crippen LogP contribution in [-0.4, -0.2) is 41.5 Å². The molecule has 1 aromatic carbocycles. The van der Waals surface area contributed by atoms with E-state index >= 15 is 0 Å². The number of likely N-dealkylation sites (N-methyl/N-ethyl adjacent to an activating group) is 1. The van der Waals surface area contributed by atoms with Gasteiger partial charge in [-0.2, -0.15) is 0 Å². The van der Waals surface area contributed by atoms with Gasteiger partial charge in [-0.15, -0.1) is 0 Å². The maximum absolute atomic E-state index is 11.8. The molecule has 104 valence electrons. The second-order valence-electron chi connectivity index (χ2n) is 3.72. The Balaban J connectivity index is 2.75. The fraction of sp³-hybridized carbons (Fsp3) is 0.333. The molecule has 0 fully saturated rings. The van der Waals surface area contributed by atoms with E-state index in [1.807, 2.05) is 0 Å². The van der Waals surface area contributed by atoms with Crippen LogP contribution in [0.15, 0.2) is 18.2 Å². The summed E-state index contributed by atoms with van der Waals surface area (Å²) in [6, 6.07) is 4.49. The number of nitrogens with zero attached hydrogens (tertiary/aromatic N) is 1. The van der Waals surface area contributed by atoms with Gasteiger partial charge in [0.25, 0.3) is 0 Å². The molecule has 0 atom stereocenters. The molecular weight excluding hydrogens is 291 g/mol. The molecule has 7 heteroatoms. The molecule has 0 unspecified atom stereocenters. The van der Waals surface area contributed by atoms with Gasteiger partial charge < -0.3 is 15.3 Å². The second-order valence-corrected chi connectivity index (χ2v) is 4.59. The number of carbonyl (C=O) groups excluding carboxylic acids is 2. The van der Waals surface area contributed by atoms with Gasteiger partial charge in [0.2, 0.25) is 0 Å². The van der Waals surface area contributed by atoms with Gasteiger partial charge in [0.05, 0.1) is 6.61 Å². The molecule has 0 saturated heterocycles. The van der Waals surface area contributed by atoms with Gasteiger partial charge in [-0.1, -0.05) is 23.2 Å². The number of nitrogens with one attached hydrogen (secondary N) is 1. The van der Waals surface area contributed by atoms with Gasteiger partial charge in [0, 0.05) is 28.8 Å². The van der Waals surface area contributed by atoms with Crippen LogP contribution < -0.4 is 5.32 Å². The molecule has 0 aromatic heterocycles. The number of amides is 2. The number of halogens is 2. The quantitative estimate of drug-likeness (QED) is 0.833.